The summed E-state index contributed by atoms with van der Waals surface area (Å²) in [5, 5.41) is 0. The van der Waals surface area contributed by atoms with Crippen LogP contribution in [0.5, 0.6) is 0 Å². The zero-order valence-electron chi connectivity index (χ0n) is 10.8. The van der Waals surface area contributed by atoms with Gasteiger partial charge in [-0.1, -0.05) is 12.1 Å². The second-order valence-electron chi connectivity index (χ2n) is 4.53. The molecular weight excluding hydrogens is 270 g/mol. The molecule has 2 N–H and O–H groups in total. The molecule has 0 heterocycles. The monoisotopic (exact) mass is 283 g/mol. The molecule has 0 saturated heterocycles. The average molecular weight is 283 g/mol. The lowest BCUT2D eigenvalue weighted by molar-refractivity contribution is -0.137. The summed E-state index contributed by atoms with van der Waals surface area (Å²) >= 11 is 0. The number of hydrogen-bond acceptors (Lipinski definition) is 1. The summed E-state index contributed by atoms with van der Waals surface area (Å²) < 4.78 is 51.2. The zero-order chi connectivity index (χ0) is 14.9. The third-order valence-electron chi connectivity index (χ3n) is 3.14. The first-order valence-corrected chi connectivity index (χ1v) is 5.99. The second kappa shape index (κ2) is 5.25. The fourth-order valence-electron chi connectivity index (χ4n) is 2.12. The van der Waals surface area contributed by atoms with Crippen molar-refractivity contribution in [2.75, 3.05) is 0 Å². The van der Waals surface area contributed by atoms with Crippen molar-refractivity contribution in [2.45, 2.75) is 19.6 Å². The van der Waals surface area contributed by atoms with Crippen LogP contribution in [-0.2, 0) is 12.7 Å². The van der Waals surface area contributed by atoms with Crippen molar-refractivity contribution in [3.63, 3.8) is 0 Å². The minimum atomic E-state index is -4.39. The molecule has 2 aromatic carbocycles. The van der Waals surface area contributed by atoms with Gasteiger partial charge in [-0.3, -0.25) is 0 Å². The van der Waals surface area contributed by atoms with Crippen molar-refractivity contribution < 1.29 is 17.6 Å². The van der Waals surface area contributed by atoms with Crippen LogP contribution < -0.4 is 5.73 Å². The van der Waals surface area contributed by atoms with Gasteiger partial charge in [0.1, 0.15) is 5.82 Å². The van der Waals surface area contributed by atoms with E-state index in [0.29, 0.717) is 22.3 Å². The quantitative estimate of drug-likeness (QED) is 0.818. The normalized spacial score (nSPS) is 11.7. The number of nitrogens with two attached hydrogens (primary N) is 1. The molecule has 0 aliphatic carbocycles. The van der Waals surface area contributed by atoms with E-state index in [1.807, 2.05) is 0 Å². The molecule has 0 radical (unpaired) electrons. The predicted octanol–water partition coefficient (Wildman–Crippen LogP) is 4.28. The van der Waals surface area contributed by atoms with Gasteiger partial charge in [-0.05, 0) is 53.4 Å². The summed E-state index contributed by atoms with van der Waals surface area (Å²) in [6.07, 6.45) is -4.39. The Balaban J connectivity index is 2.57. The highest BCUT2D eigenvalue weighted by Gasteiger charge is 2.30. The Hall–Kier alpha value is -1.88. The smallest absolute Gasteiger partial charge is 0.326 e. The van der Waals surface area contributed by atoms with Crippen molar-refractivity contribution in [3.8, 4) is 11.1 Å². The number of alkyl halides is 3. The van der Waals surface area contributed by atoms with E-state index in [4.69, 9.17) is 5.73 Å². The van der Waals surface area contributed by atoms with Crippen LogP contribution in [-0.4, -0.2) is 0 Å². The van der Waals surface area contributed by atoms with Gasteiger partial charge in [0, 0.05) is 6.54 Å². The van der Waals surface area contributed by atoms with Crippen LogP contribution >= 0.6 is 0 Å². The fraction of sp³-hybridized carbons (Fsp3) is 0.200. The van der Waals surface area contributed by atoms with Gasteiger partial charge >= 0.3 is 6.18 Å². The lowest BCUT2D eigenvalue weighted by Crippen LogP contribution is -2.06. The molecule has 0 aromatic heterocycles. The van der Waals surface area contributed by atoms with E-state index in [1.165, 1.54) is 18.2 Å². The Morgan fingerprint density at radius 2 is 1.70 bits per heavy atom. The van der Waals surface area contributed by atoms with E-state index >= 15 is 0 Å². The van der Waals surface area contributed by atoms with Gasteiger partial charge in [-0.15, -0.1) is 0 Å². The van der Waals surface area contributed by atoms with E-state index in [1.54, 1.807) is 13.0 Å². The molecule has 1 nitrogen and oxygen atoms in total. The molecule has 0 unspecified atom stereocenters. The second-order valence-corrected chi connectivity index (χ2v) is 4.53. The highest BCUT2D eigenvalue weighted by atomic mass is 19.4. The van der Waals surface area contributed by atoms with Crippen LogP contribution in [0.4, 0.5) is 17.6 Å². The Morgan fingerprint density at radius 1 is 1.00 bits per heavy atom. The van der Waals surface area contributed by atoms with Gasteiger partial charge in [-0.25, -0.2) is 4.39 Å². The van der Waals surface area contributed by atoms with E-state index in [2.05, 4.69) is 0 Å². The first kappa shape index (κ1) is 14.5. The van der Waals surface area contributed by atoms with Gasteiger partial charge < -0.3 is 5.73 Å². The van der Waals surface area contributed by atoms with Gasteiger partial charge in [0.05, 0.1) is 5.56 Å². The van der Waals surface area contributed by atoms with Crippen LogP contribution in [0, 0.1) is 12.7 Å². The molecule has 0 fully saturated rings. The standard InChI is InChI=1S/C15H13F4N/c1-9-6-11(15(17,18)19)3-5-13(9)14-7-12(16)4-2-10(14)8-20/h2-7H,8,20H2,1H3. The van der Waals surface area contributed by atoms with E-state index in [9.17, 15) is 17.6 Å². The Labute approximate surface area is 114 Å². The minimum absolute atomic E-state index is 0.191. The average Bonchev–Trinajstić information content (AvgIpc) is 2.37. The summed E-state index contributed by atoms with van der Waals surface area (Å²) in [6.45, 7) is 1.76. The van der Waals surface area contributed by atoms with E-state index < -0.39 is 17.6 Å². The number of hydrogen-bond donors (Lipinski definition) is 1. The van der Waals surface area contributed by atoms with Crippen molar-refractivity contribution in [1.29, 1.82) is 0 Å². The van der Waals surface area contributed by atoms with Gasteiger partial charge in [-0.2, -0.15) is 13.2 Å². The lowest BCUT2D eigenvalue weighted by atomic mass is 9.94. The fourth-order valence-corrected chi connectivity index (χ4v) is 2.12. The minimum Gasteiger partial charge on any atom is -0.326 e. The van der Waals surface area contributed by atoms with Crippen molar-refractivity contribution >= 4 is 0 Å². The van der Waals surface area contributed by atoms with Gasteiger partial charge in [0.25, 0.3) is 0 Å². The maximum Gasteiger partial charge on any atom is 0.416 e. The van der Waals surface area contributed by atoms with E-state index in [0.717, 1.165) is 12.1 Å². The molecule has 2 rings (SSSR count). The zero-order valence-corrected chi connectivity index (χ0v) is 10.8. The molecular formula is C15H13F4N. The lowest BCUT2D eigenvalue weighted by Gasteiger charge is -2.14. The number of halogens is 4. The van der Waals surface area contributed by atoms with Gasteiger partial charge in [0.15, 0.2) is 0 Å². The summed E-state index contributed by atoms with van der Waals surface area (Å²) in [4.78, 5) is 0. The molecule has 5 heteroatoms. The van der Waals surface area contributed by atoms with Gasteiger partial charge in [0.2, 0.25) is 0 Å². The Kier molecular flexibility index (Phi) is 3.81. The Bertz CT molecular complexity index is 632. The summed E-state index contributed by atoms with van der Waals surface area (Å²) in [7, 11) is 0. The number of aryl methyl sites for hydroxylation is 1. The molecule has 2 aromatic rings. The molecule has 0 spiro atoms. The molecule has 0 aliphatic heterocycles. The first-order chi connectivity index (χ1) is 9.32. The summed E-state index contributed by atoms with van der Waals surface area (Å²) in [5.74, 6) is -0.448. The maximum atomic E-state index is 13.3. The summed E-state index contributed by atoms with van der Waals surface area (Å²) in [5.41, 5.74) is 7.07. The highest BCUT2D eigenvalue weighted by Crippen LogP contribution is 2.34. The van der Waals surface area contributed by atoms with Crippen LogP contribution in [0.25, 0.3) is 11.1 Å². The molecule has 0 bridgehead atoms. The third kappa shape index (κ3) is 2.82. The molecule has 0 aliphatic rings. The maximum absolute atomic E-state index is 13.3. The van der Waals surface area contributed by atoms with Crippen LogP contribution in [0.2, 0.25) is 0 Å². The SMILES string of the molecule is Cc1cc(C(F)(F)F)ccc1-c1cc(F)ccc1CN. The Morgan fingerprint density at radius 3 is 2.25 bits per heavy atom. The van der Waals surface area contributed by atoms with Crippen LogP contribution in [0.1, 0.15) is 16.7 Å². The summed E-state index contributed by atoms with van der Waals surface area (Å²) in [6, 6.07) is 7.52. The molecule has 0 atom stereocenters. The van der Waals surface area contributed by atoms with E-state index in [-0.39, 0.29) is 6.54 Å². The van der Waals surface area contributed by atoms with Crippen LogP contribution in [0.3, 0.4) is 0 Å². The first-order valence-electron chi connectivity index (χ1n) is 5.99. The van der Waals surface area contributed by atoms with Crippen molar-refractivity contribution in [3.05, 3.63) is 58.9 Å². The van der Waals surface area contributed by atoms with Crippen LogP contribution in [0.15, 0.2) is 36.4 Å². The molecule has 20 heavy (non-hydrogen) atoms. The number of benzene rings is 2. The number of rotatable bonds is 2. The topological polar surface area (TPSA) is 26.0 Å². The molecule has 0 saturated carbocycles. The third-order valence-corrected chi connectivity index (χ3v) is 3.14. The van der Waals surface area contributed by atoms with Crippen molar-refractivity contribution in [2.24, 2.45) is 5.73 Å². The molecule has 0 amide bonds. The predicted molar refractivity (Wildman–Crippen MR) is 69.5 cm³/mol. The van der Waals surface area contributed by atoms with Crippen molar-refractivity contribution in [1.82, 2.24) is 0 Å². The highest BCUT2D eigenvalue weighted by molar-refractivity contribution is 5.71. The molecule has 106 valence electrons. The largest absolute Gasteiger partial charge is 0.416 e.